The molecule has 2 aromatic rings. The third-order valence-corrected chi connectivity index (χ3v) is 6.23. The molecule has 1 aliphatic rings. The lowest BCUT2D eigenvalue weighted by Gasteiger charge is -2.25. The standard InChI is InChI=1S/C16H22N6O2S/c1-21(9-5-13-3-7-17-8-4-13)16-19-15(11-18-20-16)22(2)14-6-10-25(23,24)12-14/h3-4,7-8,11,14H,5-6,9-10,12H2,1-2H3. The van der Waals surface area contributed by atoms with E-state index in [4.69, 9.17) is 0 Å². The molecular weight excluding hydrogens is 340 g/mol. The minimum absolute atomic E-state index is 0.0586. The minimum Gasteiger partial charge on any atom is -0.354 e. The zero-order chi connectivity index (χ0) is 17.9. The lowest BCUT2D eigenvalue weighted by atomic mass is 10.2. The van der Waals surface area contributed by atoms with Crippen molar-refractivity contribution in [2.45, 2.75) is 18.9 Å². The van der Waals surface area contributed by atoms with Crippen LogP contribution in [0.5, 0.6) is 0 Å². The number of sulfone groups is 1. The zero-order valence-electron chi connectivity index (χ0n) is 14.4. The summed E-state index contributed by atoms with van der Waals surface area (Å²) in [5, 5.41) is 8.13. The molecule has 0 spiro atoms. The number of likely N-dealkylation sites (N-methyl/N-ethyl adjacent to an activating group) is 1. The van der Waals surface area contributed by atoms with Crippen molar-refractivity contribution in [1.29, 1.82) is 0 Å². The topological polar surface area (TPSA) is 92.2 Å². The molecule has 0 bridgehead atoms. The van der Waals surface area contributed by atoms with Gasteiger partial charge in [0, 0.05) is 39.1 Å². The second-order valence-corrected chi connectivity index (χ2v) is 8.54. The highest BCUT2D eigenvalue weighted by molar-refractivity contribution is 7.91. The van der Waals surface area contributed by atoms with Crippen LogP contribution < -0.4 is 9.80 Å². The molecule has 1 atom stereocenters. The van der Waals surface area contributed by atoms with E-state index >= 15 is 0 Å². The maximum atomic E-state index is 11.7. The number of pyridine rings is 1. The number of rotatable bonds is 6. The second-order valence-electron chi connectivity index (χ2n) is 6.31. The van der Waals surface area contributed by atoms with Gasteiger partial charge >= 0.3 is 0 Å². The number of aromatic nitrogens is 4. The van der Waals surface area contributed by atoms with E-state index in [9.17, 15) is 8.42 Å². The quantitative estimate of drug-likeness (QED) is 0.736. The summed E-state index contributed by atoms with van der Waals surface area (Å²) < 4.78 is 23.4. The summed E-state index contributed by atoms with van der Waals surface area (Å²) in [7, 11) is 0.841. The molecule has 3 rings (SSSR count). The molecule has 2 aromatic heterocycles. The largest absolute Gasteiger partial charge is 0.354 e. The third kappa shape index (κ3) is 4.41. The molecule has 0 aliphatic carbocycles. The van der Waals surface area contributed by atoms with Crippen molar-refractivity contribution in [3.8, 4) is 0 Å². The van der Waals surface area contributed by atoms with Gasteiger partial charge < -0.3 is 9.80 Å². The number of hydrogen-bond donors (Lipinski definition) is 0. The molecular formula is C16H22N6O2S. The van der Waals surface area contributed by atoms with Gasteiger partial charge in [0.25, 0.3) is 0 Å². The summed E-state index contributed by atoms with van der Waals surface area (Å²) in [6.07, 6.45) is 6.60. The molecule has 134 valence electrons. The Morgan fingerprint density at radius 3 is 2.68 bits per heavy atom. The lowest BCUT2D eigenvalue weighted by Crippen LogP contribution is -2.34. The van der Waals surface area contributed by atoms with Gasteiger partial charge in [0.15, 0.2) is 15.7 Å². The van der Waals surface area contributed by atoms with Gasteiger partial charge in [0.05, 0.1) is 17.7 Å². The summed E-state index contributed by atoms with van der Waals surface area (Å²) in [6, 6.07) is 3.91. The number of anilines is 2. The van der Waals surface area contributed by atoms with E-state index in [1.54, 1.807) is 18.6 Å². The van der Waals surface area contributed by atoms with Gasteiger partial charge in [0.1, 0.15) is 0 Å². The second kappa shape index (κ2) is 7.30. The SMILES string of the molecule is CN(CCc1ccncc1)c1nncc(N(C)C2CCS(=O)(=O)C2)n1. The highest BCUT2D eigenvalue weighted by Gasteiger charge is 2.31. The molecule has 0 aromatic carbocycles. The lowest BCUT2D eigenvalue weighted by molar-refractivity contribution is 0.600. The maximum Gasteiger partial charge on any atom is 0.247 e. The van der Waals surface area contributed by atoms with Crippen molar-refractivity contribution < 1.29 is 8.42 Å². The van der Waals surface area contributed by atoms with Gasteiger partial charge in [-0.25, -0.2) is 8.42 Å². The molecule has 1 fully saturated rings. The van der Waals surface area contributed by atoms with Crippen LogP contribution in [0.15, 0.2) is 30.7 Å². The van der Waals surface area contributed by atoms with Crippen LogP contribution in [-0.2, 0) is 16.3 Å². The Kier molecular flexibility index (Phi) is 5.12. The van der Waals surface area contributed by atoms with E-state index in [-0.39, 0.29) is 17.5 Å². The Balaban J connectivity index is 1.66. The first-order chi connectivity index (χ1) is 11.9. The fourth-order valence-electron chi connectivity index (χ4n) is 2.83. The van der Waals surface area contributed by atoms with Crippen molar-refractivity contribution in [2.24, 2.45) is 0 Å². The maximum absolute atomic E-state index is 11.7. The van der Waals surface area contributed by atoms with Gasteiger partial charge in [-0.05, 0) is 30.5 Å². The summed E-state index contributed by atoms with van der Waals surface area (Å²) in [5.41, 5.74) is 1.19. The van der Waals surface area contributed by atoms with Crippen molar-refractivity contribution in [3.63, 3.8) is 0 Å². The van der Waals surface area contributed by atoms with Crippen LogP contribution in [-0.4, -0.2) is 66.8 Å². The van der Waals surface area contributed by atoms with E-state index < -0.39 is 9.84 Å². The van der Waals surface area contributed by atoms with Gasteiger partial charge in [-0.15, -0.1) is 5.10 Å². The van der Waals surface area contributed by atoms with E-state index in [0.29, 0.717) is 18.2 Å². The number of hydrogen-bond acceptors (Lipinski definition) is 8. The van der Waals surface area contributed by atoms with Crippen LogP contribution in [0.2, 0.25) is 0 Å². The normalized spacial score (nSPS) is 18.9. The summed E-state index contributed by atoms with van der Waals surface area (Å²) >= 11 is 0. The fraction of sp³-hybridized carbons (Fsp3) is 0.500. The van der Waals surface area contributed by atoms with Crippen LogP contribution in [0, 0.1) is 0 Å². The van der Waals surface area contributed by atoms with Crippen molar-refractivity contribution in [1.82, 2.24) is 20.2 Å². The molecule has 3 heterocycles. The Morgan fingerprint density at radius 1 is 1.24 bits per heavy atom. The van der Waals surface area contributed by atoms with Gasteiger partial charge in [-0.2, -0.15) is 10.1 Å². The average Bonchev–Trinajstić information content (AvgIpc) is 3.00. The van der Waals surface area contributed by atoms with Gasteiger partial charge in [-0.3, -0.25) is 4.98 Å². The van der Waals surface area contributed by atoms with Crippen molar-refractivity contribution in [3.05, 3.63) is 36.3 Å². The first-order valence-corrected chi connectivity index (χ1v) is 10.00. The van der Waals surface area contributed by atoms with Crippen molar-refractivity contribution in [2.75, 3.05) is 41.9 Å². The molecule has 9 heteroatoms. The highest BCUT2D eigenvalue weighted by atomic mass is 32.2. The summed E-state index contributed by atoms with van der Waals surface area (Å²) in [4.78, 5) is 12.4. The first kappa shape index (κ1) is 17.5. The Labute approximate surface area is 147 Å². The third-order valence-electron chi connectivity index (χ3n) is 4.48. The smallest absolute Gasteiger partial charge is 0.247 e. The Morgan fingerprint density at radius 2 is 2.00 bits per heavy atom. The molecule has 1 unspecified atom stereocenters. The molecule has 1 saturated heterocycles. The van der Waals surface area contributed by atoms with Crippen LogP contribution in [0.25, 0.3) is 0 Å². The van der Waals surface area contributed by atoms with E-state index in [0.717, 1.165) is 13.0 Å². The molecule has 0 saturated carbocycles. The summed E-state index contributed by atoms with van der Waals surface area (Å²) in [6.45, 7) is 0.747. The Bertz CT molecular complexity index is 814. The molecule has 1 aliphatic heterocycles. The van der Waals surface area contributed by atoms with Crippen LogP contribution in [0.3, 0.4) is 0 Å². The fourth-order valence-corrected chi connectivity index (χ4v) is 4.61. The van der Waals surface area contributed by atoms with Gasteiger partial charge in [0.2, 0.25) is 5.95 Å². The molecule has 0 amide bonds. The Hall–Kier alpha value is -2.29. The van der Waals surface area contributed by atoms with E-state index in [1.165, 1.54) is 5.56 Å². The van der Waals surface area contributed by atoms with E-state index in [1.807, 2.05) is 36.0 Å². The highest BCUT2D eigenvalue weighted by Crippen LogP contribution is 2.21. The first-order valence-electron chi connectivity index (χ1n) is 8.17. The van der Waals surface area contributed by atoms with Gasteiger partial charge in [-0.1, -0.05) is 0 Å². The minimum atomic E-state index is -2.94. The van der Waals surface area contributed by atoms with Crippen LogP contribution in [0.1, 0.15) is 12.0 Å². The molecule has 8 nitrogen and oxygen atoms in total. The molecule has 0 radical (unpaired) electrons. The predicted octanol–water partition coefficient (Wildman–Crippen LogP) is 0.569. The number of nitrogens with zero attached hydrogens (tertiary/aromatic N) is 6. The summed E-state index contributed by atoms with van der Waals surface area (Å²) in [5.74, 6) is 1.57. The van der Waals surface area contributed by atoms with Crippen molar-refractivity contribution >= 4 is 21.6 Å². The molecule has 0 N–H and O–H groups in total. The molecule has 25 heavy (non-hydrogen) atoms. The average molecular weight is 362 g/mol. The van der Waals surface area contributed by atoms with Crippen LogP contribution in [0.4, 0.5) is 11.8 Å². The zero-order valence-corrected chi connectivity index (χ0v) is 15.2. The predicted molar refractivity (Wildman–Crippen MR) is 96.5 cm³/mol. The monoisotopic (exact) mass is 362 g/mol. The van der Waals surface area contributed by atoms with E-state index in [2.05, 4.69) is 20.2 Å². The van der Waals surface area contributed by atoms with Crippen LogP contribution >= 0.6 is 0 Å².